The van der Waals surface area contributed by atoms with Gasteiger partial charge in [0.05, 0.1) is 6.61 Å². The zero-order valence-corrected chi connectivity index (χ0v) is 14.5. The van der Waals surface area contributed by atoms with Crippen LogP contribution in [0.1, 0.15) is 97.3 Å². The Bertz CT molecular complexity index is 283. The van der Waals surface area contributed by atoms with Gasteiger partial charge in [-0.15, -0.1) is 0 Å². The molecule has 0 amide bonds. The first-order chi connectivity index (χ1) is 10.7. The molecule has 1 fully saturated rings. The normalized spacial score (nSPS) is 18.5. The number of carbonyl (C=O) groups excluding carboxylic acids is 1. The standard InChI is InChI=1S/C18H34O4/c1-3-5-10-13-17(19)21-18(22-20-16-6-4-2)14-11-8-7-9-12-15-18/h3-16H2,1-2H3. The molecule has 0 N–H and O–H groups in total. The molecule has 0 bridgehead atoms. The molecule has 0 aromatic rings. The van der Waals surface area contributed by atoms with E-state index < -0.39 is 5.79 Å². The predicted molar refractivity (Wildman–Crippen MR) is 87.2 cm³/mol. The summed E-state index contributed by atoms with van der Waals surface area (Å²) in [5, 5.41) is 0. The van der Waals surface area contributed by atoms with Crippen LogP contribution in [0.2, 0.25) is 0 Å². The lowest BCUT2D eigenvalue weighted by atomic mass is 9.95. The molecule has 0 aromatic heterocycles. The van der Waals surface area contributed by atoms with E-state index in [2.05, 4.69) is 13.8 Å². The van der Waals surface area contributed by atoms with Crippen molar-refractivity contribution in [1.82, 2.24) is 0 Å². The first-order valence-electron chi connectivity index (χ1n) is 9.25. The predicted octanol–water partition coefficient (Wildman–Crippen LogP) is 5.30. The van der Waals surface area contributed by atoms with Gasteiger partial charge in [-0.25, -0.2) is 4.89 Å². The Labute approximate surface area is 135 Å². The third-order valence-corrected chi connectivity index (χ3v) is 4.19. The van der Waals surface area contributed by atoms with Crippen molar-refractivity contribution in [3.8, 4) is 0 Å². The molecule has 0 heterocycles. The summed E-state index contributed by atoms with van der Waals surface area (Å²) in [6.45, 7) is 4.81. The molecule has 0 unspecified atom stereocenters. The van der Waals surface area contributed by atoms with Crippen LogP contribution in [0.4, 0.5) is 0 Å². The van der Waals surface area contributed by atoms with Gasteiger partial charge in [-0.3, -0.25) is 4.79 Å². The Kier molecular flexibility index (Phi) is 10.5. The average Bonchev–Trinajstić information content (AvgIpc) is 2.48. The van der Waals surface area contributed by atoms with Gasteiger partial charge < -0.3 is 4.74 Å². The van der Waals surface area contributed by atoms with Crippen LogP contribution in [0.25, 0.3) is 0 Å². The van der Waals surface area contributed by atoms with Crippen molar-refractivity contribution in [3.05, 3.63) is 0 Å². The molecule has 0 aromatic carbocycles. The first kappa shape index (κ1) is 19.4. The Balaban J connectivity index is 2.52. The quantitative estimate of drug-likeness (QED) is 0.180. The minimum atomic E-state index is -0.850. The molecular weight excluding hydrogens is 280 g/mol. The molecule has 22 heavy (non-hydrogen) atoms. The maximum atomic E-state index is 12.1. The second kappa shape index (κ2) is 11.9. The van der Waals surface area contributed by atoms with Crippen molar-refractivity contribution < 1.29 is 19.3 Å². The number of rotatable bonds is 10. The minimum absolute atomic E-state index is 0.145. The molecule has 0 atom stereocenters. The van der Waals surface area contributed by atoms with Crippen molar-refractivity contribution in [2.75, 3.05) is 6.61 Å². The molecule has 1 rings (SSSR count). The van der Waals surface area contributed by atoms with E-state index in [-0.39, 0.29) is 5.97 Å². The lowest BCUT2D eigenvalue weighted by Gasteiger charge is -2.33. The SMILES string of the molecule is CCCCCC(=O)OC1(OOCCCC)CCCCCCC1. The Morgan fingerprint density at radius 2 is 1.55 bits per heavy atom. The Hall–Kier alpha value is -0.610. The van der Waals surface area contributed by atoms with Crippen LogP contribution in [-0.2, 0) is 19.3 Å². The molecule has 130 valence electrons. The van der Waals surface area contributed by atoms with E-state index in [4.69, 9.17) is 14.5 Å². The van der Waals surface area contributed by atoms with E-state index in [1.54, 1.807) is 0 Å². The van der Waals surface area contributed by atoms with E-state index >= 15 is 0 Å². The van der Waals surface area contributed by atoms with Gasteiger partial charge in [0.15, 0.2) is 0 Å². The number of hydrogen-bond acceptors (Lipinski definition) is 4. The van der Waals surface area contributed by atoms with Crippen molar-refractivity contribution in [2.24, 2.45) is 0 Å². The fraction of sp³-hybridized carbons (Fsp3) is 0.944. The number of unbranched alkanes of at least 4 members (excludes halogenated alkanes) is 3. The average molecular weight is 314 g/mol. The third-order valence-electron chi connectivity index (χ3n) is 4.19. The van der Waals surface area contributed by atoms with Crippen LogP contribution in [0, 0.1) is 0 Å². The van der Waals surface area contributed by atoms with Crippen molar-refractivity contribution >= 4 is 5.97 Å². The second-order valence-corrected chi connectivity index (χ2v) is 6.37. The zero-order chi connectivity index (χ0) is 16.1. The van der Waals surface area contributed by atoms with Gasteiger partial charge in [-0.1, -0.05) is 52.4 Å². The van der Waals surface area contributed by atoms with Crippen molar-refractivity contribution in [1.29, 1.82) is 0 Å². The van der Waals surface area contributed by atoms with Gasteiger partial charge in [0, 0.05) is 19.3 Å². The van der Waals surface area contributed by atoms with Gasteiger partial charge in [0.1, 0.15) is 0 Å². The maximum absolute atomic E-state index is 12.1. The Morgan fingerprint density at radius 1 is 0.909 bits per heavy atom. The van der Waals surface area contributed by atoms with Crippen LogP contribution < -0.4 is 0 Å². The van der Waals surface area contributed by atoms with Crippen LogP contribution in [-0.4, -0.2) is 18.4 Å². The molecule has 0 spiro atoms. The van der Waals surface area contributed by atoms with E-state index in [0.29, 0.717) is 13.0 Å². The fourth-order valence-electron chi connectivity index (χ4n) is 2.78. The first-order valence-corrected chi connectivity index (χ1v) is 9.25. The zero-order valence-electron chi connectivity index (χ0n) is 14.5. The van der Waals surface area contributed by atoms with Crippen molar-refractivity contribution in [2.45, 2.75) is 103 Å². The van der Waals surface area contributed by atoms with E-state index in [9.17, 15) is 4.79 Å². The largest absolute Gasteiger partial charge is 0.430 e. The van der Waals surface area contributed by atoms with Gasteiger partial charge in [-0.05, 0) is 25.7 Å². The highest BCUT2D eigenvalue weighted by molar-refractivity contribution is 5.69. The summed E-state index contributed by atoms with van der Waals surface area (Å²) in [4.78, 5) is 23.1. The highest BCUT2D eigenvalue weighted by Gasteiger charge is 2.36. The number of ether oxygens (including phenoxy) is 1. The molecule has 4 nitrogen and oxygen atoms in total. The number of carbonyl (C=O) groups is 1. The maximum Gasteiger partial charge on any atom is 0.308 e. The summed E-state index contributed by atoms with van der Waals surface area (Å²) >= 11 is 0. The molecule has 0 aliphatic heterocycles. The third kappa shape index (κ3) is 8.14. The van der Waals surface area contributed by atoms with Gasteiger partial charge in [-0.2, -0.15) is 4.89 Å². The molecule has 4 heteroatoms. The highest BCUT2D eigenvalue weighted by Crippen LogP contribution is 2.32. The highest BCUT2D eigenvalue weighted by atomic mass is 17.2. The molecule has 1 aliphatic carbocycles. The number of hydrogen-bond donors (Lipinski definition) is 0. The summed E-state index contributed by atoms with van der Waals surface area (Å²) in [6, 6.07) is 0. The van der Waals surface area contributed by atoms with Gasteiger partial charge >= 0.3 is 5.97 Å². The summed E-state index contributed by atoms with van der Waals surface area (Å²) in [5.41, 5.74) is 0. The molecule has 0 radical (unpaired) electrons. The monoisotopic (exact) mass is 314 g/mol. The van der Waals surface area contributed by atoms with Gasteiger partial charge in [0.2, 0.25) is 5.79 Å². The molecule has 1 saturated carbocycles. The lowest BCUT2D eigenvalue weighted by Crippen LogP contribution is -2.39. The smallest absolute Gasteiger partial charge is 0.308 e. The summed E-state index contributed by atoms with van der Waals surface area (Å²) in [6.07, 6.45) is 12.7. The van der Waals surface area contributed by atoms with Crippen LogP contribution in [0.3, 0.4) is 0 Å². The fourth-order valence-corrected chi connectivity index (χ4v) is 2.78. The van der Waals surface area contributed by atoms with Crippen molar-refractivity contribution in [3.63, 3.8) is 0 Å². The van der Waals surface area contributed by atoms with Crippen LogP contribution in [0.15, 0.2) is 0 Å². The molecule has 1 aliphatic rings. The molecule has 0 saturated heterocycles. The van der Waals surface area contributed by atoms with Gasteiger partial charge in [0.25, 0.3) is 0 Å². The number of esters is 1. The van der Waals surface area contributed by atoms with Crippen LogP contribution >= 0.6 is 0 Å². The summed E-state index contributed by atoms with van der Waals surface area (Å²) in [7, 11) is 0. The summed E-state index contributed by atoms with van der Waals surface area (Å²) in [5.74, 6) is -0.995. The summed E-state index contributed by atoms with van der Waals surface area (Å²) < 4.78 is 5.76. The Morgan fingerprint density at radius 3 is 2.18 bits per heavy atom. The van der Waals surface area contributed by atoms with E-state index in [1.807, 2.05) is 0 Å². The van der Waals surface area contributed by atoms with E-state index in [1.165, 1.54) is 19.3 Å². The molecular formula is C18H34O4. The minimum Gasteiger partial charge on any atom is -0.430 e. The second-order valence-electron chi connectivity index (χ2n) is 6.37. The van der Waals surface area contributed by atoms with Crippen LogP contribution in [0.5, 0.6) is 0 Å². The van der Waals surface area contributed by atoms with E-state index in [0.717, 1.165) is 57.8 Å². The lowest BCUT2D eigenvalue weighted by molar-refractivity contribution is -0.423. The topological polar surface area (TPSA) is 44.8 Å².